The number of aliphatic hydroxyl groups excluding tert-OH is 1. The average Bonchev–Trinajstić information content (AvgIpc) is 3.18. The number of hydrogen-bond acceptors (Lipinski definition) is 7. The number of thiazole rings is 1. The summed E-state index contributed by atoms with van der Waals surface area (Å²) in [6.07, 6.45) is 6.77. The zero-order valence-corrected chi connectivity index (χ0v) is 17.5. The molecule has 0 aliphatic heterocycles. The van der Waals surface area contributed by atoms with Crippen LogP contribution in [-0.4, -0.2) is 32.2 Å². The summed E-state index contributed by atoms with van der Waals surface area (Å²) in [7, 11) is 0. The second kappa shape index (κ2) is 8.56. The minimum absolute atomic E-state index is 0.0567. The first-order chi connectivity index (χ1) is 15.1. The highest BCUT2D eigenvalue weighted by atomic mass is 32.1. The Balaban J connectivity index is 1.34. The van der Waals surface area contributed by atoms with Crippen molar-refractivity contribution in [2.45, 2.75) is 37.8 Å². The normalized spacial score (nSPS) is 18.8. The fraction of sp³-hybridized carbons (Fsp3) is 0.261. The van der Waals surface area contributed by atoms with Gasteiger partial charge in [-0.1, -0.05) is 24.2 Å². The molecule has 0 unspecified atom stereocenters. The standard InChI is InChI=1S/C23H21FN4O2S/c24-22-8-5-14(13-26-22)19-11-16(9-10-25-19)30-15-6-7-18-21(12-15)31-23(28-18)27-17-3-1-2-4-20(17)29/h5-13,17,20,29H,1-4H2,(H,27,28)/t17-,20-/m1/s1. The van der Waals surface area contributed by atoms with Crippen LogP contribution in [0.5, 0.6) is 11.5 Å². The van der Waals surface area contributed by atoms with Gasteiger partial charge in [0.1, 0.15) is 11.5 Å². The Kier molecular flexibility index (Phi) is 5.48. The summed E-state index contributed by atoms with van der Waals surface area (Å²) in [5.41, 5.74) is 2.25. The van der Waals surface area contributed by atoms with Crippen LogP contribution < -0.4 is 10.1 Å². The summed E-state index contributed by atoms with van der Waals surface area (Å²) < 4.78 is 20.1. The molecule has 1 aliphatic rings. The SMILES string of the molecule is O[C@@H]1CCCC[C@H]1Nc1nc2ccc(Oc3ccnc(-c4ccc(F)nc4)c3)cc2s1. The van der Waals surface area contributed by atoms with Crippen molar-refractivity contribution < 1.29 is 14.2 Å². The minimum atomic E-state index is -0.527. The predicted molar refractivity (Wildman–Crippen MR) is 119 cm³/mol. The van der Waals surface area contributed by atoms with Crippen molar-refractivity contribution in [2.24, 2.45) is 0 Å². The maximum Gasteiger partial charge on any atom is 0.212 e. The molecule has 1 aliphatic carbocycles. The molecule has 3 heterocycles. The van der Waals surface area contributed by atoms with Crippen LogP contribution in [0.3, 0.4) is 0 Å². The van der Waals surface area contributed by atoms with Gasteiger partial charge in [0.15, 0.2) is 5.13 Å². The number of ether oxygens (including phenoxy) is 1. The summed E-state index contributed by atoms with van der Waals surface area (Å²) in [5, 5.41) is 14.4. The van der Waals surface area contributed by atoms with Crippen LogP contribution in [0.25, 0.3) is 21.5 Å². The molecule has 158 valence electrons. The van der Waals surface area contributed by atoms with E-state index in [0.717, 1.165) is 41.0 Å². The molecule has 1 fully saturated rings. The zero-order valence-electron chi connectivity index (χ0n) is 16.7. The third-order valence-electron chi connectivity index (χ3n) is 5.39. The molecule has 5 rings (SSSR count). The van der Waals surface area contributed by atoms with Crippen molar-refractivity contribution >= 4 is 26.7 Å². The van der Waals surface area contributed by atoms with Gasteiger partial charge in [-0.3, -0.25) is 4.98 Å². The van der Waals surface area contributed by atoms with Crippen LogP contribution in [0.4, 0.5) is 9.52 Å². The maximum atomic E-state index is 13.1. The minimum Gasteiger partial charge on any atom is -0.457 e. The number of benzene rings is 1. The van der Waals surface area contributed by atoms with Gasteiger partial charge in [0.05, 0.1) is 28.1 Å². The third kappa shape index (κ3) is 4.50. The molecule has 0 spiro atoms. The number of pyridine rings is 2. The average molecular weight is 437 g/mol. The van der Waals surface area contributed by atoms with E-state index in [2.05, 4.69) is 20.3 Å². The highest BCUT2D eigenvalue weighted by molar-refractivity contribution is 7.22. The van der Waals surface area contributed by atoms with Gasteiger partial charge in [-0.15, -0.1) is 0 Å². The Hall–Kier alpha value is -3.10. The molecule has 6 nitrogen and oxygen atoms in total. The number of hydrogen-bond donors (Lipinski definition) is 2. The molecule has 3 aromatic heterocycles. The van der Waals surface area contributed by atoms with Crippen LogP contribution >= 0.6 is 11.3 Å². The van der Waals surface area contributed by atoms with E-state index >= 15 is 0 Å². The number of aliphatic hydroxyl groups is 1. The van der Waals surface area contributed by atoms with E-state index in [1.165, 1.54) is 12.3 Å². The number of rotatable bonds is 5. The van der Waals surface area contributed by atoms with E-state index in [9.17, 15) is 9.50 Å². The lowest BCUT2D eigenvalue weighted by Gasteiger charge is -2.27. The Morgan fingerprint density at radius 2 is 1.90 bits per heavy atom. The van der Waals surface area contributed by atoms with Gasteiger partial charge in [0.25, 0.3) is 0 Å². The molecular formula is C23H21FN4O2S. The highest BCUT2D eigenvalue weighted by Gasteiger charge is 2.23. The summed E-state index contributed by atoms with van der Waals surface area (Å²) >= 11 is 1.55. The van der Waals surface area contributed by atoms with E-state index in [0.29, 0.717) is 22.8 Å². The Labute approximate surface area is 182 Å². The van der Waals surface area contributed by atoms with Gasteiger partial charge in [-0.2, -0.15) is 4.39 Å². The Morgan fingerprint density at radius 1 is 1.03 bits per heavy atom. The van der Waals surface area contributed by atoms with Gasteiger partial charge >= 0.3 is 0 Å². The molecular weight excluding hydrogens is 415 g/mol. The summed E-state index contributed by atoms with van der Waals surface area (Å²) in [6.45, 7) is 0. The Bertz CT molecular complexity index is 1200. The lowest BCUT2D eigenvalue weighted by atomic mass is 9.93. The molecule has 4 aromatic rings. The molecule has 0 amide bonds. The highest BCUT2D eigenvalue weighted by Crippen LogP contribution is 2.33. The van der Waals surface area contributed by atoms with E-state index in [1.807, 2.05) is 18.2 Å². The second-order valence-electron chi connectivity index (χ2n) is 7.60. The van der Waals surface area contributed by atoms with E-state index in [-0.39, 0.29) is 12.1 Å². The van der Waals surface area contributed by atoms with E-state index in [4.69, 9.17) is 4.74 Å². The lowest BCUT2D eigenvalue weighted by Crippen LogP contribution is -2.36. The van der Waals surface area contributed by atoms with E-state index in [1.54, 1.807) is 35.7 Å². The molecule has 1 saturated carbocycles. The van der Waals surface area contributed by atoms with Gasteiger partial charge in [0.2, 0.25) is 5.95 Å². The first kappa shape index (κ1) is 19.8. The number of fused-ring (bicyclic) bond motifs is 1. The van der Waals surface area contributed by atoms with Gasteiger partial charge in [0, 0.05) is 30.1 Å². The van der Waals surface area contributed by atoms with Crippen molar-refractivity contribution in [3.63, 3.8) is 0 Å². The maximum absolute atomic E-state index is 13.1. The van der Waals surface area contributed by atoms with E-state index < -0.39 is 5.95 Å². The largest absolute Gasteiger partial charge is 0.457 e. The number of halogens is 1. The van der Waals surface area contributed by atoms with Gasteiger partial charge in [-0.25, -0.2) is 9.97 Å². The molecule has 8 heteroatoms. The van der Waals surface area contributed by atoms with Gasteiger partial charge < -0.3 is 15.2 Å². The molecule has 31 heavy (non-hydrogen) atoms. The van der Waals surface area contributed by atoms with Gasteiger partial charge in [-0.05, 0) is 43.2 Å². The first-order valence-corrected chi connectivity index (χ1v) is 11.1. The van der Waals surface area contributed by atoms with Crippen molar-refractivity contribution in [1.29, 1.82) is 0 Å². The second-order valence-corrected chi connectivity index (χ2v) is 8.63. The monoisotopic (exact) mass is 436 g/mol. The number of nitrogens with zero attached hydrogens (tertiary/aromatic N) is 3. The van der Waals surface area contributed by atoms with Crippen LogP contribution in [0.1, 0.15) is 25.7 Å². The van der Waals surface area contributed by atoms with Crippen LogP contribution in [-0.2, 0) is 0 Å². The molecule has 2 atom stereocenters. The van der Waals surface area contributed by atoms with Crippen molar-refractivity contribution in [1.82, 2.24) is 15.0 Å². The first-order valence-electron chi connectivity index (χ1n) is 10.2. The fourth-order valence-electron chi connectivity index (χ4n) is 3.76. The summed E-state index contributed by atoms with van der Waals surface area (Å²) in [6, 6.07) is 12.3. The lowest BCUT2D eigenvalue weighted by molar-refractivity contribution is 0.116. The topological polar surface area (TPSA) is 80.2 Å². The Morgan fingerprint density at radius 3 is 2.74 bits per heavy atom. The molecule has 0 radical (unpaired) electrons. The van der Waals surface area contributed by atoms with Crippen LogP contribution in [0, 0.1) is 5.95 Å². The number of aromatic nitrogens is 3. The predicted octanol–water partition coefficient (Wildman–Crippen LogP) is 5.40. The smallest absolute Gasteiger partial charge is 0.212 e. The van der Waals surface area contributed by atoms with Crippen LogP contribution in [0.15, 0.2) is 54.9 Å². The van der Waals surface area contributed by atoms with Crippen molar-refractivity contribution in [3.8, 4) is 22.8 Å². The van der Waals surface area contributed by atoms with Crippen molar-refractivity contribution in [2.75, 3.05) is 5.32 Å². The summed E-state index contributed by atoms with van der Waals surface area (Å²) in [4.78, 5) is 12.6. The molecule has 2 N–H and O–H groups in total. The summed E-state index contributed by atoms with van der Waals surface area (Å²) in [5.74, 6) is 0.789. The molecule has 1 aromatic carbocycles. The third-order valence-corrected chi connectivity index (χ3v) is 6.34. The number of nitrogens with one attached hydrogen (secondary N) is 1. The molecule has 0 saturated heterocycles. The molecule has 0 bridgehead atoms. The number of anilines is 1. The fourth-order valence-corrected chi connectivity index (χ4v) is 4.72. The quantitative estimate of drug-likeness (QED) is 0.408. The van der Waals surface area contributed by atoms with Crippen molar-refractivity contribution in [3.05, 3.63) is 60.8 Å². The zero-order chi connectivity index (χ0) is 21.2. The van der Waals surface area contributed by atoms with Crippen LogP contribution in [0.2, 0.25) is 0 Å².